The molecule has 2 N–H and O–H groups in total. The molecule has 1 aromatic carbocycles. The van der Waals surface area contributed by atoms with Gasteiger partial charge < -0.3 is 15.5 Å². The van der Waals surface area contributed by atoms with Crippen molar-refractivity contribution >= 4 is 41.7 Å². The molecule has 134 valence electrons. The van der Waals surface area contributed by atoms with Crippen LogP contribution in [-0.2, 0) is 4.79 Å². The van der Waals surface area contributed by atoms with E-state index in [-0.39, 0.29) is 30.3 Å². The van der Waals surface area contributed by atoms with Crippen LogP contribution < -0.4 is 10.6 Å². The molecule has 1 saturated heterocycles. The lowest BCUT2D eigenvalue weighted by Crippen LogP contribution is -2.40. The number of carbonyl (C=O) groups excluding carboxylic acids is 2. The predicted molar refractivity (Wildman–Crippen MR) is 103 cm³/mol. The Labute approximate surface area is 154 Å². The molecule has 1 heterocycles. The smallest absolute Gasteiger partial charge is 0.255 e. The molecule has 2 rings (SSSR count). The summed E-state index contributed by atoms with van der Waals surface area (Å²) >= 11 is 1.87. The van der Waals surface area contributed by atoms with E-state index in [1.54, 1.807) is 17.0 Å². The van der Waals surface area contributed by atoms with Gasteiger partial charge in [-0.25, -0.2) is 0 Å². The first-order chi connectivity index (χ1) is 11.2. The zero-order valence-corrected chi connectivity index (χ0v) is 15.8. The second-order valence-electron chi connectivity index (χ2n) is 5.50. The van der Waals surface area contributed by atoms with Crippen molar-refractivity contribution in [2.45, 2.75) is 26.3 Å². The second-order valence-corrected chi connectivity index (χ2v) is 6.65. The fourth-order valence-corrected chi connectivity index (χ4v) is 3.58. The lowest BCUT2D eigenvalue weighted by molar-refractivity contribution is -0.116. The molecule has 24 heavy (non-hydrogen) atoms. The maximum Gasteiger partial charge on any atom is 0.255 e. The van der Waals surface area contributed by atoms with Gasteiger partial charge in [0.15, 0.2) is 0 Å². The predicted octanol–water partition coefficient (Wildman–Crippen LogP) is 2.62. The first-order valence-electron chi connectivity index (χ1n) is 8.15. The molecular formula is C17H26ClN3O2S. The minimum atomic E-state index is -0.0511. The maximum atomic E-state index is 12.6. The van der Waals surface area contributed by atoms with Crippen LogP contribution in [-0.4, -0.2) is 53.9 Å². The number of nitrogens with zero attached hydrogens (tertiary/aromatic N) is 1. The molecule has 0 aromatic heterocycles. The molecule has 0 radical (unpaired) electrons. The molecule has 2 amide bonds. The molecule has 0 saturated carbocycles. The molecule has 5 nitrogen and oxygen atoms in total. The number of hydrogen-bond donors (Lipinski definition) is 2. The monoisotopic (exact) mass is 371 g/mol. The Balaban J connectivity index is 0.00000288. The first-order valence-corrected chi connectivity index (χ1v) is 9.30. The third-order valence-corrected chi connectivity index (χ3v) is 5.04. The third kappa shape index (κ3) is 5.69. The molecule has 7 heteroatoms. The molecular weight excluding hydrogens is 346 g/mol. The second kappa shape index (κ2) is 10.6. The Morgan fingerprint density at radius 1 is 1.29 bits per heavy atom. The SMILES string of the molecule is CCN(CC)C(=O)c1ccccc1NC(=O)CC1CSCCN1.Cl. The standard InChI is InChI=1S/C17H25N3O2S.ClH/c1-3-20(4-2)17(22)14-7-5-6-8-15(14)19-16(21)11-13-12-23-10-9-18-13;/h5-8,13,18H,3-4,9-12H2,1-2H3,(H,19,21);1H. The van der Waals surface area contributed by atoms with Crippen molar-refractivity contribution in [3.63, 3.8) is 0 Å². The van der Waals surface area contributed by atoms with Gasteiger partial charge in [0.05, 0.1) is 11.3 Å². The van der Waals surface area contributed by atoms with E-state index in [1.165, 1.54) is 0 Å². The summed E-state index contributed by atoms with van der Waals surface area (Å²) in [6.45, 7) is 6.16. The van der Waals surface area contributed by atoms with Crippen molar-refractivity contribution in [2.24, 2.45) is 0 Å². The van der Waals surface area contributed by atoms with Crippen molar-refractivity contribution in [1.82, 2.24) is 10.2 Å². The van der Waals surface area contributed by atoms with Gasteiger partial charge in [-0.3, -0.25) is 9.59 Å². The summed E-state index contributed by atoms with van der Waals surface area (Å²) in [5.74, 6) is 1.95. The van der Waals surface area contributed by atoms with Gasteiger partial charge in [0.1, 0.15) is 0 Å². The Bertz CT molecular complexity index is 546. The highest BCUT2D eigenvalue weighted by Crippen LogP contribution is 2.18. The fraction of sp³-hybridized carbons (Fsp3) is 0.529. The fourth-order valence-electron chi connectivity index (χ4n) is 2.64. The zero-order valence-electron chi connectivity index (χ0n) is 14.2. The summed E-state index contributed by atoms with van der Waals surface area (Å²) in [5.41, 5.74) is 1.15. The number of amides is 2. The number of para-hydroxylation sites is 1. The molecule has 0 aliphatic carbocycles. The van der Waals surface area contributed by atoms with Gasteiger partial charge >= 0.3 is 0 Å². The van der Waals surface area contributed by atoms with Crippen LogP contribution in [0.3, 0.4) is 0 Å². The van der Waals surface area contributed by atoms with Crippen LogP contribution in [0.1, 0.15) is 30.6 Å². The lowest BCUT2D eigenvalue weighted by atomic mass is 10.1. The quantitative estimate of drug-likeness (QED) is 0.807. The Hall–Kier alpha value is -1.24. The molecule has 1 fully saturated rings. The van der Waals surface area contributed by atoms with Crippen molar-refractivity contribution < 1.29 is 9.59 Å². The maximum absolute atomic E-state index is 12.6. The number of carbonyl (C=O) groups is 2. The average Bonchev–Trinajstić information content (AvgIpc) is 2.57. The van der Waals surface area contributed by atoms with E-state index >= 15 is 0 Å². The van der Waals surface area contributed by atoms with E-state index in [1.807, 2.05) is 37.7 Å². The topological polar surface area (TPSA) is 61.4 Å². The summed E-state index contributed by atoms with van der Waals surface area (Å²) in [6, 6.07) is 7.43. The number of hydrogen-bond acceptors (Lipinski definition) is 4. The Morgan fingerprint density at radius 2 is 2.00 bits per heavy atom. The number of benzene rings is 1. The summed E-state index contributed by atoms with van der Waals surface area (Å²) in [5, 5.41) is 6.26. The van der Waals surface area contributed by atoms with E-state index in [0.717, 1.165) is 18.1 Å². The highest BCUT2D eigenvalue weighted by atomic mass is 35.5. The van der Waals surface area contributed by atoms with E-state index in [0.29, 0.717) is 30.8 Å². The molecule has 0 bridgehead atoms. The summed E-state index contributed by atoms with van der Waals surface area (Å²) < 4.78 is 0. The largest absolute Gasteiger partial charge is 0.339 e. The van der Waals surface area contributed by atoms with Crippen molar-refractivity contribution in [3.05, 3.63) is 29.8 Å². The van der Waals surface area contributed by atoms with Crippen LogP contribution in [0.15, 0.2) is 24.3 Å². The van der Waals surface area contributed by atoms with Crippen LogP contribution in [0.25, 0.3) is 0 Å². The average molecular weight is 372 g/mol. The lowest BCUT2D eigenvalue weighted by Gasteiger charge is -2.23. The van der Waals surface area contributed by atoms with Gasteiger partial charge in [-0.2, -0.15) is 11.8 Å². The summed E-state index contributed by atoms with van der Waals surface area (Å²) in [7, 11) is 0. The number of halogens is 1. The highest BCUT2D eigenvalue weighted by Gasteiger charge is 2.20. The molecule has 1 aliphatic rings. The van der Waals surface area contributed by atoms with Crippen LogP contribution >= 0.6 is 24.2 Å². The third-order valence-electron chi connectivity index (χ3n) is 3.91. The molecule has 1 atom stereocenters. The van der Waals surface area contributed by atoms with Gasteiger partial charge in [-0.05, 0) is 26.0 Å². The van der Waals surface area contributed by atoms with E-state index < -0.39 is 0 Å². The van der Waals surface area contributed by atoms with Gasteiger partial charge in [0.2, 0.25) is 5.91 Å². The van der Waals surface area contributed by atoms with E-state index in [9.17, 15) is 9.59 Å². The zero-order chi connectivity index (χ0) is 16.7. The van der Waals surface area contributed by atoms with Crippen LogP contribution in [0.2, 0.25) is 0 Å². The number of nitrogens with one attached hydrogen (secondary N) is 2. The Morgan fingerprint density at radius 3 is 2.62 bits per heavy atom. The first kappa shape index (κ1) is 20.8. The van der Waals surface area contributed by atoms with Crippen molar-refractivity contribution in [1.29, 1.82) is 0 Å². The van der Waals surface area contributed by atoms with Gasteiger partial charge in [0.25, 0.3) is 5.91 Å². The number of anilines is 1. The molecule has 1 aromatic rings. The minimum Gasteiger partial charge on any atom is -0.339 e. The summed E-state index contributed by atoms with van der Waals surface area (Å²) in [6.07, 6.45) is 0.431. The van der Waals surface area contributed by atoms with Crippen LogP contribution in [0.5, 0.6) is 0 Å². The number of thioether (sulfide) groups is 1. The van der Waals surface area contributed by atoms with Gasteiger partial charge in [-0.15, -0.1) is 12.4 Å². The molecule has 1 unspecified atom stereocenters. The van der Waals surface area contributed by atoms with Crippen molar-refractivity contribution in [2.75, 3.05) is 36.5 Å². The van der Waals surface area contributed by atoms with Gasteiger partial charge in [0, 0.05) is 43.6 Å². The Kier molecular flexibility index (Phi) is 9.18. The normalized spacial score (nSPS) is 16.8. The van der Waals surface area contributed by atoms with Crippen LogP contribution in [0.4, 0.5) is 5.69 Å². The summed E-state index contributed by atoms with van der Waals surface area (Å²) in [4.78, 5) is 26.6. The number of rotatable bonds is 6. The van der Waals surface area contributed by atoms with Crippen molar-refractivity contribution in [3.8, 4) is 0 Å². The molecule has 0 spiro atoms. The minimum absolute atomic E-state index is 0. The van der Waals surface area contributed by atoms with Gasteiger partial charge in [-0.1, -0.05) is 12.1 Å². The highest BCUT2D eigenvalue weighted by molar-refractivity contribution is 7.99. The van der Waals surface area contributed by atoms with E-state index in [2.05, 4.69) is 10.6 Å². The van der Waals surface area contributed by atoms with E-state index in [4.69, 9.17) is 0 Å². The van der Waals surface area contributed by atoms with Crippen LogP contribution in [0, 0.1) is 0 Å². The molecule has 1 aliphatic heterocycles.